The number of ether oxygens (including phenoxy) is 1. The van der Waals surface area contributed by atoms with Gasteiger partial charge in [0.2, 0.25) is 5.88 Å². The largest absolute Gasteiger partial charge is 0.439 e. The van der Waals surface area contributed by atoms with Gasteiger partial charge in [0.25, 0.3) is 5.91 Å². The summed E-state index contributed by atoms with van der Waals surface area (Å²) >= 11 is 0. The lowest BCUT2D eigenvalue weighted by atomic mass is 10.1. The van der Waals surface area contributed by atoms with Gasteiger partial charge in [-0.15, -0.1) is 0 Å². The Bertz CT molecular complexity index is 1090. The van der Waals surface area contributed by atoms with E-state index in [4.69, 9.17) is 10.00 Å². The molecule has 144 valence electrons. The fraction of sp³-hybridized carbons (Fsp3) is 0.130. The van der Waals surface area contributed by atoms with E-state index in [0.717, 1.165) is 5.56 Å². The Labute approximate surface area is 168 Å². The number of nitrogens with one attached hydrogen (secondary N) is 1. The molecule has 0 aliphatic carbocycles. The summed E-state index contributed by atoms with van der Waals surface area (Å²) in [6.07, 6.45) is 0.261. The van der Waals surface area contributed by atoms with Crippen LogP contribution in [0.3, 0.4) is 0 Å². The molecule has 1 amide bonds. The molecule has 1 aromatic heterocycles. The average Bonchev–Trinajstić information content (AvgIpc) is 2.74. The minimum atomic E-state index is -0.240. The molecule has 0 radical (unpaired) electrons. The molecule has 0 saturated heterocycles. The SMILES string of the molecule is CC(=O)c1cccc(Oc2cccc(-c3cccc(C(=O)NCCC#N)c3)n2)c1. The lowest BCUT2D eigenvalue weighted by Gasteiger charge is -2.09. The van der Waals surface area contributed by atoms with Crippen LogP contribution in [-0.2, 0) is 0 Å². The number of pyridine rings is 1. The normalized spacial score (nSPS) is 10.1. The van der Waals surface area contributed by atoms with Crippen LogP contribution in [0.25, 0.3) is 11.3 Å². The van der Waals surface area contributed by atoms with E-state index in [1.54, 1.807) is 48.5 Å². The number of hydrogen-bond donors (Lipinski definition) is 1. The van der Waals surface area contributed by atoms with Crippen molar-refractivity contribution in [2.24, 2.45) is 0 Å². The molecular formula is C23H19N3O3. The summed E-state index contributed by atoms with van der Waals surface area (Å²) in [5.74, 6) is 0.623. The van der Waals surface area contributed by atoms with Crippen molar-refractivity contribution in [1.82, 2.24) is 10.3 Å². The predicted octanol–water partition coefficient (Wildman–Crippen LogP) is 4.39. The Morgan fingerprint density at radius 3 is 2.59 bits per heavy atom. The smallest absolute Gasteiger partial charge is 0.251 e. The minimum Gasteiger partial charge on any atom is -0.439 e. The van der Waals surface area contributed by atoms with Crippen LogP contribution in [0.5, 0.6) is 11.6 Å². The van der Waals surface area contributed by atoms with Crippen LogP contribution in [-0.4, -0.2) is 23.2 Å². The van der Waals surface area contributed by atoms with E-state index in [1.807, 2.05) is 24.3 Å². The Morgan fingerprint density at radius 2 is 1.79 bits per heavy atom. The summed E-state index contributed by atoms with van der Waals surface area (Å²) < 4.78 is 5.80. The van der Waals surface area contributed by atoms with Gasteiger partial charge in [0.05, 0.1) is 18.2 Å². The number of benzene rings is 2. The van der Waals surface area contributed by atoms with Crippen molar-refractivity contribution in [2.75, 3.05) is 6.54 Å². The van der Waals surface area contributed by atoms with Gasteiger partial charge in [-0.3, -0.25) is 9.59 Å². The van der Waals surface area contributed by atoms with E-state index in [9.17, 15) is 9.59 Å². The van der Waals surface area contributed by atoms with Crippen LogP contribution in [0, 0.1) is 11.3 Å². The average molecular weight is 385 g/mol. The van der Waals surface area contributed by atoms with Gasteiger partial charge in [-0.25, -0.2) is 4.98 Å². The molecular weight excluding hydrogens is 366 g/mol. The molecule has 3 rings (SSSR count). The first-order valence-corrected chi connectivity index (χ1v) is 9.08. The maximum Gasteiger partial charge on any atom is 0.251 e. The van der Waals surface area contributed by atoms with Gasteiger partial charge < -0.3 is 10.1 Å². The third-order valence-electron chi connectivity index (χ3n) is 4.13. The number of hydrogen-bond acceptors (Lipinski definition) is 5. The highest BCUT2D eigenvalue weighted by atomic mass is 16.5. The van der Waals surface area contributed by atoms with Crippen LogP contribution in [0.4, 0.5) is 0 Å². The highest BCUT2D eigenvalue weighted by Gasteiger charge is 2.09. The molecule has 0 aliphatic rings. The molecule has 2 aromatic carbocycles. The van der Waals surface area contributed by atoms with E-state index >= 15 is 0 Å². The lowest BCUT2D eigenvalue weighted by molar-refractivity contribution is 0.0953. The van der Waals surface area contributed by atoms with Crippen molar-refractivity contribution >= 4 is 11.7 Å². The molecule has 0 spiro atoms. The second kappa shape index (κ2) is 9.29. The lowest BCUT2D eigenvalue weighted by Crippen LogP contribution is -2.24. The fourth-order valence-corrected chi connectivity index (χ4v) is 2.69. The summed E-state index contributed by atoms with van der Waals surface area (Å²) in [5, 5.41) is 11.3. The Kier molecular flexibility index (Phi) is 6.33. The van der Waals surface area contributed by atoms with E-state index in [2.05, 4.69) is 10.3 Å². The van der Waals surface area contributed by atoms with Crippen LogP contribution >= 0.6 is 0 Å². The number of nitriles is 1. The van der Waals surface area contributed by atoms with Gasteiger partial charge in [0.15, 0.2) is 5.78 Å². The summed E-state index contributed by atoms with van der Waals surface area (Å²) in [4.78, 5) is 28.3. The van der Waals surface area contributed by atoms with Gasteiger partial charge in [-0.1, -0.05) is 30.3 Å². The van der Waals surface area contributed by atoms with E-state index in [-0.39, 0.29) is 18.1 Å². The van der Waals surface area contributed by atoms with Crippen LogP contribution in [0.2, 0.25) is 0 Å². The van der Waals surface area contributed by atoms with E-state index in [1.165, 1.54) is 6.92 Å². The molecule has 0 aliphatic heterocycles. The topological polar surface area (TPSA) is 92.1 Å². The second-order valence-electron chi connectivity index (χ2n) is 6.29. The Balaban J connectivity index is 1.80. The second-order valence-corrected chi connectivity index (χ2v) is 6.29. The molecule has 29 heavy (non-hydrogen) atoms. The van der Waals surface area contributed by atoms with Gasteiger partial charge in [-0.2, -0.15) is 5.26 Å². The molecule has 0 atom stereocenters. The van der Waals surface area contributed by atoms with Crippen molar-refractivity contribution in [3.63, 3.8) is 0 Å². The molecule has 1 heterocycles. The summed E-state index contributed by atoms with van der Waals surface area (Å²) in [5.41, 5.74) is 2.47. The molecule has 6 heteroatoms. The number of ketones is 1. The van der Waals surface area contributed by atoms with Crippen molar-refractivity contribution in [3.05, 3.63) is 77.9 Å². The molecule has 3 aromatic rings. The first-order valence-electron chi connectivity index (χ1n) is 9.08. The fourth-order valence-electron chi connectivity index (χ4n) is 2.69. The number of amides is 1. The van der Waals surface area contributed by atoms with E-state index in [0.29, 0.717) is 35.0 Å². The number of aromatic nitrogens is 1. The van der Waals surface area contributed by atoms with Gasteiger partial charge >= 0.3 is 0 Å². The monoisotopic (exact) mass is 385 g/mol. The summed E-state index contributed by atoms with van der Waals surface area (Å²) in [6.45, 7) is 1.81. The number of Topliss-reactive ketones (excluding diaryl/α,β-unsaturated/α-hetero) is 1. The first kappa shape index (κ1) is 19.8. The number of nitrogens with zero attached hydrogens (tertiary/aromatic N) is 2. The predicted molar refractivity (Wildman–Crippen MR) is 109 cm³/mol. The highest BCUT2D eigenvalue weighted by molar-refractivity contribution is 5.95. The molecule has 0 fully saturated rings. The van der Waals surface area contributed by atoms with Gasteiger partial charge in [-0.05, 0) is 37.3 Å². The third-order valence-corrected chi connectivity index (χ3v) is 4.13. The maximum atomic E-state index is 12.2. The Hall–Kier alpha value is -3.98. The standard InChI is InChI=1S/C23H19N3O3/c1-16(27)17-6-3-9-20(15-17)29-22-11-4-10-21(26-22)18-7-2-8-19(14-18)23(28)25-13-5-12-24/h2-4,6-11,14-15H,5,13H2,1H3,(H,25,28). The molecule has 0 saturated carbocycles. The van der Waals surface area contributed by atoms with Crippen LogP contribution in [0.1, 0.15) is 34.1 Å². The zero-order valence-electron chi connectivity index (χ0n) is 15.9. The highest BCUT2D eigenvalue weighted by Crippen LogP contribution is 2.25. The third kappa shape index (κ3) is 5.27. The van der Waals surface area contributed by atoms with Crippen molar-refractivity contribution in [1.29, 1.82) is 5.26 Å². The van der Waals surface area contributed by atoms with Gasteiger partial charge in [0, 0.05) is 29.3 Å². The van der Waals surface area contributed by atoms with Crippen LogP contribution < -0.4 is 10.1 Å². The van der Waals surface area contributed by atoms with Crippen molar-refractivity contribution in [3.8, 4) is 29.0 Å². The van der Waals surface area contributed by atoms with Crippen molar-refractivity contribution in [2.45, 2.75) is 13.3 Å². The number of rotatable bonds is 7. The molecule has 0 bridgehead atoms. The quantitative estimate of drug-likeness (QED) is 0.481. The Morgan fingerprint density at radius 1 is 1.03 bits per heavy atom. The van der Waals surface area contributed by atoms with Crippen molar-refractivity contribution < 1.29 is 14.3 Å². The van der Waals surface area contributed by atoms with Gasteiger partial charge in [0.1, 0.15) is 5.75 Å². The summed E-state index contributed by atoms with van der Waals surface area (Å²) in [6, 6.07) is 21.3. The minimum absolute atomic E-state index is 0.0398. The molecule has 0 unspecified atom stereocenters. The molecule has 1 N–H and O–H groups in total. The number of carbonyl (C=O) groups excluding carboxylic acids is 2. The maximum absolute atomic E-state index is 12.2. The van der Waals surface area contributed by atoms with E-state index < -0.39 is 0 Å². The summed E-state index contributed by atoms with van der Waals surface area (Å²) in [7, 11) is 0. The molecule has 6 nitrogen and oxygen atoms in total. The number of carbonyl (C=O) groups is 2. The zero-order chi connectivity index (χ0) is 20.6. The van der Waals surface area contributed by atoms with Crippen LogP contribution in [0.15, 0.2) is 66.7 Å². The zero-order valence-corrected chi connectivity index (χ0v) is 15.9. The first-order chi connectivity index (χ1) is 14.1.